The summed E-state index contributed by atoms with van der Waals surface area (Å²) >= 11 is 0. The Hall–Kier alpha value is -3.79. The third-order valence-corrected chi connectivity index (χ3v) is 5.52. The maximum atomic E-state index is 11.4. The van der Waals surface area contributed by atoms with Crippen LogP contribution in [0.2, 0.25) is 0 Å². The molecule has 10 heteroatoms. The number of fused-ring (bicyclic) bond motifs is 1. The van der Waals surface area contributed by atoms with Crippen molar-refractivity contribution >= 4 is 29.3 Å². The molecule has 0 spiro atoms. The third-order valence-electron chi connectivity index (χ3n) is 5.52. The van der Waals surface area contributed by atoms with Gasteiger partial charge in [0.1, 0.15) is 5.82 Å². The lowest BCUT2D eigenvalue weighted by Gasteiger charge is -2.28. The average molecular weight is 418 g/mol. The summed E-state index contributed by atoms with van der Waals surface area (Å²) in [6, 6.07) is 7.23. The van der Waals surface area contributed by atoms with E-state index < -0.39 is 5.91 Å². The molecule has 0 saturated carbocycles. The van der Waals surface area contributed by atoms with E-state index >= 15 is 0 Å². The SMILES string of the molecule is NC(=O)c1ccc(N2CCc3c(-c4cnc(N)nc4)nc(N4CCOCC4)nc32)cc1. The number of rotatable bonds is 4. The Labute approximate surface area is 178 Å². The lowest BCUT2D eigenvalue weighted by molar-refractivity contribution is 0.100. The van der Waals surface area contributed by atoms with Crippen LogP contribution in [0.5, 0.6) is 0 Å². The number of anilines is 4. The molecule has 1 saturated heterocycles. The lowest BCUT2D eigenvalue weighted by atomic mass is 10.1. The summed E-state index contributed by atoms with van der Waals surface area (Å²) in [5.74, 6) is 1.26. The number of hydrogen-bond donors (Lipinski definition) is 2. The Kier molecular flexibility index (Phi) is 4.83. The smallest absolute Gasteiger partial charge is 0.248 e. The van der Waals surface area contributed by atoms with Gasteiger partial charge in [-0.3, -0.25) is 4.79 Å². The highest BCUT2D eigenvalue weighted by atomic mass is 16.5. The number of carbonyl (C=O) groups excluding carboxylic acids is 1. The van der Waals surface area contributed by atoms with E-state index in [-0.39, 0.29) is 5.95 Å². The fourth-order valence-electron chi connectivity index (χ4n) is 3.90. The van der Waals surface area contributed by atoms with Gasteiger partial charge in [0.05, 0.1) is 18.9 Å². The number of carbonyl (C=O) groups is 1. The number of hydrogen-bond acceptors (Lipinski definition) is 9. The summed E-state index contributed by atoms with van der Waals surface area (Å²) < 4.78 is 5.48. The maximum Gasteiger partial charge on any atom is 0.248 e. The first kappa shape index (κ1) is 19.2. The van der Waals surface area contributed by atoms with Crippen LogP contribution in [0, 0.1) is 0 Å². The van der Waals surface area contributed by atoms with Crippen LogP contribution in [0.1, 0.15) is 15.9 Å². The van der Waals surface area contributed by atoms with Crippen molar-refractivity contribution in [3.05, 3.63) is 47.8 Å². The monoisotopic (exact) mass is 418 g/mol. The molecule has 3 aromatic rings. The summed E-state index contributed by atoms with van der Waals surface area (Å²) in [4.78, 5) is 33.8. The zero-order valence-electron chi connectivity index (χ0n) is 16.9. The molecule has 2 aliphatic heterocycles. The summed E-state index contributed by atoms with van der Waals surface area (Å²) in [6.45, 7) is 3.47. The van der Waals surface area contributed by atoms with E-state index in [9.17, 15) is 4.79 Å². The largest absolute Gasteiger partial charge is 0.378 e. The van der Waals surface area contributed by atoms with E-state index in [1.165, 1.54) is 0 Å². The first-order chi connectivity index (χ1) is 15.1. The van der Waals surface area contributed by atoms with Crippen LogP contribution in [0.4, 0.5) is 23.4 Å². The quantitative estimate of drug-likeness (QED) is 0.639. The fourth-order valence-corrected chi connectivity index (χ4v) is 3.90. The molecule has 31 heavy (non-hydrogen) atoms. The number of ether oxygens (including phenoxy) is 1. The van der Waals surface area contributed by atoms with E-state index in [1.807, 2.05) is 12.1 Å². The molecule has 5 rings (SSSR count). The van der Waals surface area contributed by atoms with Crippen molar-refractivity contribution in [2.24, 2.45) is 5.73 Å². The highest BCUT2D eigenvalue weighted by Crippen LogP contribution is 2.39. The van der Waals surface area contributed by atoms with Gasteiger partial charge >= 0.3 is 0 Å². The van der Waals surface area contributed by atoms with Gasteiger partial charge in [-0.2, -0.15) is 4.98 Å². The molecule has 0 bridgehead atoms. The van der Waals surface area contributed by atoms with Gasteiger partial charge in [-0.25, -0.2) is 15.0 Å². The van der Waals surface area contributed by atoms with Gasteiger partial charge in [0.2, 0.25) is 17.8 Å². The minimum absolute atomic E-state index is 0.221. The zero-order chi connectivity index (χ0) is 21.4. The topological polar surface area (TPSA) is 136 Å². The molecule has 158 valence electrons. The molecule has 4 N–H and O–H groups in total. The van der Waals surface area contributed by atoms with Crippen LogP contribution in [0.15, 0.2) is 36.7 Å². The first-order valence-corrected chi connectivity index (χ1v) is 10.1. The van der Waals surface area contributed by atoms with Crippen LogP contribution >= 0.6 is 0 Å². The molecule has 0 atom stereocenters. The number of aromatic nitrogens is 4. The number of nitrogens with zero attached hydrogens (tertiary/aromatic N) is 6. The van der Waals surface area contributed by atoms with E-state index in [0.29, 0.717) is 24.7 Å². The third kappa shape index (κ3) is 3.61. The number of primary amides is 1. The Balaban J connectivity index is 1.60. The molecule has 1 aromatic carbocycles. The summed E-state index contributed by atoms with van der Waals surface area (Å²) in [7, 11) is 0. The zero-order valence-corrected chi connectivity index (χ0v) is 16.9. The van der Waals surface area contributed by atoms with E-state index in [4.69, 9.17) is 26.2 Å². The van der Waals surface area contributed by atoms with Crippen LogP contribution in [-0.4, -0.2) is 58.7 Å². The molecule has 0 radical (unpaired) electrons. The van der Waals surface area contributed by atoms with Gasteiger partial charge in [0, 0.05) is 54.4 Å². The summed E-state index contributed by atoms with van der Waals surface area (Å²) in [5.41, 5.74) is 15.1. The van der Waals surface area contributed by atoms with Crippen molar-refractivity contribution in [3.63, 3.8) is 0 Å². The number of amides is 1. The predicted molar refractivity (Wildman–Crippen MR) is 116 cm³/mol. The van der Waals surface area contributed by atoms with Crippen molar-refractivity contribution < 1.29 is 9.53 Å². The molecule has 1 fully saturated rings. The first-order valence-electron chi connectivity index (χ1n) is 10.1. The van der Waals surface area contributed by atoms with Gasteiger partial charge in [0.25, 0.3) is 0 Å². The van der Waals surface area contributed by atoms with Gasteiger partial charge in [-0.05, 0) is 30.7 Å². The number of benzene rings is 1. The van der Waals surface area contributed by atoms with Crippen molar-refractivity contribution in [2.45, 2.75) is 6.42 Å². The Morgan fingerprint density at radius 1 is 1.00 bits per heavy atom. The molecule has 0 aliphatic carbocycles. The van der Waals surface area contributed by atoms with Crippen molar-refractivity contribution in [2.75, 3.05) is 48.4 Å². The normalized spacial score (nSPS) is 15.7. The van der Waals surface area contributed by atoms with Crippen molar-refractivity contribution in [1.29, 1.82) is 0 Å². The molecule has 2 aromatic heterocycles. The fraction of sp³-hybridized carbons (Fsp3) is 0.286. The Morgan fingerprint density at radius 2 is 1.71 bits per heavy atom. The van der Waals surface area contributed by atoms with E-state index in [0.717, 1.165) is 54.4 Å². The minimum Gasteiger partial charge on any atom is -0.378 e. The average Bonchev–Trinajstić information content (AvgIpc) is 3.24. The second-order valence-electron chi connectivity index (χ2n) is 7.42. The molecular formula is C21H22N8O2. The number of morpholine rings is 1. The Morgan fingerprint density at radius 3 is 2.39 bits per heavy atom. The number of nitrogen functional groups attached to an aromatic ring is 1. The van der Waals surface area contributed by atoms with Gasteiger partial charge < -0.3 is 26.0 Å². The van der Waals surface area contributed by atoms with Crippen molar-refractivity contribution in [1.82, 2.24) is 19.9 Å². The number of nitrogens with two attached hydrogens (primary N) is 2. The highest BCUT2D eigenvalue weighted by Gasteiger charge is 2.29. The standard InChI is InChI=1S/C21H22N8O2/c22-18(30)13-1-3-15(4-2-13)29-6-5-16-17(14-11-24-20(23)25-12-14)26-21(27-19(16)29)28-7-9-31-10-8-28/h1-4,11-12H,5-10H2,(H2,22,30)(H2,23,24,25). The van der Waals surface area contributed by atoms with Gasteiger partial charge in [0.15, 0.2) is 0 Å². The predicted octanol–water partition coefficient (Wildman–Crippen LogP) is 1.15. The molecule has 1 amide bonds. The molecule has 0 unspecified atom stereocenters. The summed E-state index contributed by atoms with van der Waals surface area (Å²) in [6.07, 6.45) is 4.16. The molecule has 10 nitrogen and oxygen atoms in total. The van der Waals surface area contributed by atoms with Crippen LogP contribution in [0.3, 0.4) is 0 Å². The van der Waals surface area contributed by atoms with Gasteiger partial charge in [-0.1, -0.05) is 0 Å². The second kappa shape index (κ2) is 7.80. The molecule has 4 heterocycles. The molecular weight excluding hydrogens is 396 g/mol. The van der Waals surface area contributed by atoms with E-state index in [2.05, 4.69) is 19.8 Å². The summed E-state index contributed by atoms with van der Waals surface area (Å²) in [5, 5.41) is 0. The second-order valence-corrected chi connectivity index (χ2v) is 7.42. The van der Waals surface area contributed by atoms with Crippen LogP contribution < -0.4 is 21.3 Å². The lowest BCUT2D eigenvalue weighted by Crippen LogP contribution is -2.37. The van der Waals surface area contributed by atoms with E-state index in [1.54, 1.807) is 24.5 Å². The Bertz CT molecular complexity index is 1110. The maximum absolute atomic E-state index is 11.4. The van der Waals surface area contributed by atoms with Gasteiger partial charge in [-0.15, -0.1) is 0 Å². The van der Waals surface area contributed by atoms with Crippen LogP contribution in [0.25, 0.3) is 11.3 Å². The molecule has 2 aliphatic rings. The minimum atomic E-state index is -0.448. The highest BCUT2D eigenvalue weighted by molar-refractivity contribution is 5.93. The van der Waals surface area contributed by atoms with Crippen LogP contribution in [-0.2, 0) is 11.2 Å². The van der Waals surface area contributed by atoms with Crippen molar-refractivity contribution in [3.8, 4) is 11.3 Å².